The number of hydrogen-bond acceptors (Lipinski definition) is 2. The summed E-state index contributed by atoms with van der Waals surface area (Å²) in [5.41, 5.74) is 9.15. The molecule has 22 heavy (non-hydrogen) atoms. The summed E-state index contributed by atoms with van der Waals surface area (Å²) in [6, 6.07) is 15.3. The van der Waals surface area contributed by atoms with Gasteiger partial charge in [0, 0.05) is 41.3 Å². The van der Waals surface area contributed by atoms with Crippen LogP contribution in [0.15, 0.2) is 60.9 Å². The van der Waals surface area contributed by atoms with Crippen molar-refractivity contribution in [1.29, 1.82) is 0 Å². The van der Waals surface area contributed by atoms with Gasteiger partial charge in [0.2, 0.25) is 0 Å². The lowest BCUT2D eigenvalue weighted by Crippen LogP contribution is -2.12. The standard InChI is InChI=1S/C18H15N3O/c1-20-10-9-13-14(5-3-7-16(13)20)18(22)21-11-8-12-4-2-6-15(19)17(12)21/h2-11H,19H2,1H3. The van der Waals surface area contributed by atoms with E-state index in [-0.39, 0.29) is 5.91 Å². The fourth-order valence-electron chi connectivity index (χ4n) is 3.01. The molecule has 0 aliphatic heterocycles. The van der Waals surface area contributed by atoms with Gasteiger partial charge in [-0.3, -0.25) is 9.36 Å². The molecule has 4 rings (SSSR count). The second kappa shape index (κ2) is 4.49. The lowest BCUT2D eigenvalue weighted by Gasteiger charge is -2.08. The molecular formula is C18H15N3O. The lowest BCUT2D eigenvalue weighted by molar-refractivity contribution is 0.0966. The fourth-order valence-corrected chi connectivity index (χ4v) is 3.01. The van der Waals surface area contributed by atoms with Gasteiger partial charge in [-0.15, -0.1) is 0 Å². The quantitative estimate of drug-likeness (QED) is 0.546. The summed E-state index contributed by atoms with van der Waals surface area (Å²) >= 11 is 0. The molecule has 0 aliphatic rings. The zero-order valence-corrected chi connectivity index (χ0v) is 12.2. The van der Waals surface area contributed by atoms with Gasteiger partial charge in [0.25, 0.3) is 5.91 Å². The predicted octanol–water partition coefficient (Wildman–Crippen LogP) is 3.40. The highest BCUT2D eigenvalue weighted by Gasteiger charge is 2.16. The van der Waals surface area contributed by atoms with Gasteiger partial charge < -0.3 is 10.3 Å². The number of rotatable bonds is 1. The molecule has 0 atom stereocenters. The van der Waals surface area contributed by atoms with E-state index in [4.69, 9.17) is 5.73 Å². The number of nitrogens with two attached hydrogens (primary N) is 1. The zero-order valence-electron chi connectivity index (χ0n) is 12.2. The van der Waals surface area contributed by atoms with Crippen molar-refractivity contribution in [1.82, 2.24) is 9.13 Å². The Morgan fingerprint density at radius 2 is 1.82 bits per heavy atom. The normalized spacial score (nSPS) is 11.3. The Labute approximate surface area is 127 Å². The van der Waals surface area contributed by atoms with Gasteiger partial charge >= 0.3 is 0 Å². The summed E-state index contributed by atoms with van der Waals surface area (Å²) < 4.78 is 3.64. The van der Waals surface area contributed by atoms with Crippen LogP contribution in [-0.4, -0.2) is 15.0 Å². The van der Waals surface area contributed by atoms with Crippen LogP contribution in [0, 0.1) is 0 Å². The van der Waals surface area contributed by atoms with Crippen LogP contribution in [0.4, 0.5) is 5.69 Å². The Morgan fingerprint density at radius 3 is 2.68 bits per heavy atom. The molecule has 4 heteroatoms. The maximum absolute atomic E-state index is 13.0. The second-order valence-electron chi connectivity index (χ2n) is 5.44. The molecule has 0 spiro atoms. The molecule has 0 radical (unpaired) electrons. The van der Waals surface area contributed by atoms with E-state index in [2.05, 4.69) is 0 Å². The van der Waals surface area contributed by atoms with Crippen LogP contribution < -0.4 is 5.73 Å². The van der Waals surface area contributed by atoms with Crippen LogP contribution >= 0.6 is 0 Å². The number of hydrogen-bond donors (Lipinski definition) is 1. The van der Waals surface area contributed by atoms with Crippen molar-refractivity contribution in [3.05, 3.63) is 66.5 Å². The molecular weight excluding hydrogens is 274 g/mol. The fraction of sp³-hybridized carbons (Fsp3) is 0.0556. The minimum absolute atomic E-state index is 0.0651. The summed E-state index contributed by atoms with van der Waals surface area (Å²) in [6.07, 6.45) is 3.74. The molecule has 2 N–H and O–H groups in total. The Morgan fingerprint density at radius 1 is 1.00 bits per heavy atom. The highest BCUT2D eigenvalue weighted by Crippen LogP contribution is 2.25. The van der Waals surface area contributed by atoms with Crippen LogP contribution in [0.1, 0.15) is 10.4 Å². The van der Waals surface area contributed by atoms with Crippen LogP contribution in [0.25, 0.3) is 21.8 Å². The van der Waals surface area contributed by atoms with Crippen LogP contribution in [0.2, 0.25) is 0 Å². The number of carbonyl (C=O) groups excluding carboxylic acids is 1. The van der Waals surface area contributed by atoms with Crippen LogP contribution in [-0.2, 0) is 7.05 Å². The Bertz CT molecular complexity index is 1020. The first kappa shape index (κ1) is 12.7. The number of nitrogens with zero attached hydrogens (tertiary/aromatic N) is 2. The zero-order chi connectivity index (χ0) is 15.3. The van der Waals surface area contributed by atoms with Crippen molar-refractivity contribution >= 4 is 33.4 Å². The molecule has 0 bridgehead atoms. The number of aromatic nitrogens is 2. The van der Waals surface area contributed by atoms with Gasteiger partial charge in [-0.25, -0.2) is 0 Å². The molecule has 0 fully saturated rings. The van der Waals surface area contributed by atoms with Gasteiger partial charge in [0.1, 0.15) is 0 Å². The van der Waals surface area contributed by atoms with Crippen molar-refractivity contribution in [2.45, 2.75) is 0 Å². The summed E-state index contributed by atoms with van der Waals surface area (Å²) in [5, 5.41) is 1.92. The number of anilines is 1. The van der Waals surface area contributed by atoms with E-state index >= 15 is 0 Å². The number of benzene rings is 2. The molecule has 0 saturated heterocycles. The van der Waals surface area contributed by atoms with Gasteiger partial charge in [-0.05, 0) is 30.3 Å². The minimum Gasteiger partial charge on any atom is -0.397 e. The molecule has 2 aromatic heterocycles. The van der Waals surface area contributed by atoms with E-state index in [1.54, 1.807) is 10.8 Å². The Kier molecular flexibility index (Phi) is 2.60. The Balaban J connectivity index is 1.96. The molecule has 4 nitrogen and oxygen atoms in total. The third kappa shape index (κ3) is 1.67. The number of nitrogen functional groups attached to an aromatic ring is 1. The first-order chi connectivity index (χ1) is 10.7. The van der Waals surface area contributed by atoms with E-state index in [9.17, 15) is 4.79 Å². The van der Waals surface area contributed by atoms with Crippen LogP contribution in [0.5, 0.6) is 0 Å². The van der Waals surface area contributed by atoms with E-state index in [1.807, 2.05) is 66.3 Å². The maximum Gasteiger partial charge on any atom is 0.263 e. The maximum atomic E-state index is 13.0. The molecule has 108 valence electrons. The first-order valence-corrected chi connectivity index (χ1v) is 7.11. The number of para-hydroxylation sites is 1. The van der Waals surface area contributed by atoms with Crippen molar-refractivity contribution in [2.75, 3.05) is 5.73 Å². The molecule has 2 aromatic carbocycles. The highest BCUT2D eigenvalue weighted by atomic mass is 16.2. The monoisotopic (exact) mass is 289 g/mol. The predicted molar refractivity (Wildman–Crippen MR) is 89.0 cm³/mol. The van der Waals surface area contributed by atoms with Crippen molar-refractivity contribution in [3.63, 3.8) is 0 Å². The number of aryl methyl sites for hydroxylation is 1. The van der Waals surface area contributed by atoms with Gasteiger partial charge in [0.05, 0.1) is 11.2 Å². The third-order valence-corrected chi connectivity index (χ3v) is 4.12. The molecule has 0 unspecified atom stereocenters. The number of carbonyl (C=O) groups is 1. The summed E-state index contributed by atoms with van der Waals surface area (Å²) in [7, 11) is 1.97. The number of fused-ring (bicyclic) bond motifs is 2. The Hall–Kier alpha value is -3.01. The van der Waals surface area contributed by atoms with E-state index in [0.717, 1.165) is 21.8 Å². The van der Waals surface area contributed by atoms with Gasteiger partial charge in [-0.2, -0.15) is 0 Å². The smallest absolute Gasteiger partial charge is 0.263 e. The van der Waals surface area contributed by atoms with E-state index < -0.39 is 0 Å². The average molecular weight is 289 g/mol. The van der Waals surface area contributed by atoms with Crippen molar-refractivity contribution in [3.8, 4) is 0 Å². The molecule has 0 aliphatic carbocycles. The molecule has 4 aromatic rings. The third-order valence-electron chi connectivity index (χ3n) is 4.12. The SMILES string of the molecule is Cn1ccc2c(C(=O)n3ccc4cccc(N)c43)cccc21. The summed E-state index contributed by atoms with van der Waals surface area (Å²) in [6.45, 7) is 0. The van der Waals surface area contributed by atoms with Gasteiger partial charge in [0.15, 0.2) is 0 Å². The van der Waals surface area contributed by atoms with Crippen molar-refractivity contribution < 1.29 is 4.79 Å². The van der Waals surface area contributed by atoms with Gasteiger partial charge in [-0.1, -0.05) is 18.2 Å². The lowest BCUT2D eigenvalue weighted by atomic mass is 10.1. The van der Waals surface area contributed by atoms with Crippen LogP contribution in [0.3, 0.4) is 0 Å². The molecule has 0 amide bonds. The van der Waals surface area contributed by atoms with E-state index in [0.29, 0.717) is 11.3 Å². The summed E-state index contributed by atoms with van der Waals surface area (Å²) in [4.78, 5) is 13.0. The topological polar surface area (TPSA) is 53.0 Å². The second-order valence-corrected chi connectivity index (χ2v) is 5.44. The average Bonchev–Trinajstić information content (AvgIpc) is 3.12. The summed E-state index contributed by atoms with van der Waals surface area (Å²) in [5.74, 6) is -0.0651. The molecule has 2 heterocycles. The molecule has 0 saturated carbocycles. The van der Waals surface area contributed by atoms with E-state index in [1.165, 1.54) is 0 Å². The minimum atomic E-state index is -0.0651. The van der Waals surface area contributed by atoms with Crippen molar-refractivity contribution in [2.24, 2.45) is 7.05 Å². The largest absolute Gasteiger partial charge is 0.397 e. The first-order valence-electron chi connectivity index (χ1n) is 7.11. The highest BCUT2D eigenvalue weighted by molar-refractivity contribution is 6.11.